The van der Waals surface area contributed by atoms with E-state index in [9.17, 15) is 4.79 Å². The Bertz CT molecular complexity index is 865. The zero-order chi connectivity index (χ0) is 18.0. The molecule has 3 rings (SSSR count). The van der Waals surface area contributed by atoms with Crippen LogP contribution in [0.15, 0.2) is 49.1 Å². The maximum Gasteiger partial charge on any atom is 0.321 e. The lowest BCUT2D eigenvalue weighted by molar-refractivity contribution is 0.242. The number of aromatic nitrogens is 1. The fourth-order valence-electron chi connectivity index (χ4n) is 2.86. The van der Waals surface area contributed by atoms with Gasteiger partial charge in [0.1, 0.15) is 5.82 Å². The molecule has 2 N–H and O–H groups in total. The van der Waals surface area contributed by atoms with Gasteiger partial charge in [-0.15, -0.1) is 0 Å². The van der Waals surface area contributed by atoms with E-state index >= 15 is 0 Å². The Hall–Kier alpha value is -2.88. The molecule has 2 aromatic rings. The van der Waals surface area contributed by atoms with E-state index in [1.165, 1.54) is 5.56 Å². The monoisotopic (exact) mass is 333 g/mol. The molecule has 0 radical (unpaired) electrons. The largest absolute Gasteiger partial charge is 0.329 e. The summed E-state index contributed by atoms with van der Waals surface area (Å²) in [4.78, 5) is 16.9. The van der Waals surface area contributed by atoms with E-state index in [4.69, 9.17) is 0 Å². The lowest BCUT2D eigenvalue weighted by atomic mass is 9.92. The molecule has 0 saturated carbocycles. The van der Waals surface area contributed by atoms with Crippen LogP contribution in [0.25, 0.3) is 11.6 Å². The summed E-state index contributed by atoms with van der Waals surface area (Å²) in [6, 6.07) is 11.6. The maximum atomic E-state index is 12.4. The smallest absolute Gasteiger partial charge is 0.321 e. The summed E-state index contributed by atoms with van der Waals surface area (Å²) in [5, 5.41) is 5.84. The summed E-state index contributed by atoms with van der Waals surface area (Å²) in [6.45, 7) is 9.90. The highest BCUT2D eigenvalue weighted by Gasteiger charge is 2.23. The Kier molecular flexibility index (Phi) is 4.45. The van der Waals surface area contributed by atoms with Gasteiger partial charge in [-0.1, -0.05) is 42.5 Å². The SMILES string of the molecule is C=C(C)c1cccc(C(C)(C)NC(=O)Nc2ccc3c(n2)C=CC3)c1. The Balaban J connectivity index is 1.72. The number of nitrogens with zero attached hydrogens (tertiary/aromatic N) is 1. The van der Waals surface area contributed by atoms with E-state index in [0.29, 0.717) is 5.82 Å². The molecule has 0 unspecified atom stereocenters. The summed E-state index contributed by atoms with van der Waals surface area (Å²) < 4.78 is 0. The predicted octanol–water partition coefficient (Wildman–Crippen LogP) is 4.74. The Morgan fingerprint density at radius 3 is 2.80 bits per heavy atom. The molecule has 1 heterocycles. The quantitative estimate of drug-likeness (QED) is 0.849. The van der Waals surface area contributed by atoms with Crippen molar-refractivity contribution in [1.82, 2.24) is 10.3 Å². The highest BCUT2D eigenvalue weighted by molar-refractivity contribution is 5.89. The molecule has 0 spiro atoms. The normalized spacial score (nSPS) is 12.6. The van der Waals surface area contributed by atoms with Gasteiger partial charge < -0.3 is 5.32 Å². The Morgan fingerprint density at radius 2 is 2.04 bits per heavy atom. The molecule has 0 bridgehead atoms. The van der Waals surface area contributed by atoms with Gasteiger partial charge in [0.25, 0.3) is 0 Å². The number of carbonyl (C=O) groups excluding carboxylic acids is 1. The topological polar surface area (TPSA) is 54.0 Å². The fourth-order valence-corrected chi connectivity index (χ4v) is 2.86. The first-order chi connectivity index (χ1) is 11.8. The molecule has 4 heteroatoms. The Morgan fingerprint density at radius 1 is 1.24 bits per heavy atom. The van der Waals surface area contributed by atoms with Gasteiger partial charge in [-0.25, -0.2) is 9.78 Å². The molecule has 1 aliphatic rings. The van der Waals surface area contributed by atoms with Gasteiger partial charge in [-0.2, -0.15) is 0 Å². The van der Waals surface area contributed by atoms with Crippen LogP contribution in [-0.4, -0.2) is 11.0 Å². The van der Waals surface area contributed by atoms with E-state index in [1.54, 1.807) is 0 Å². The molecule has 1 aliphatic carbocycles. The minimum atomic E-state index is -0.522. The first kappa shape index (κ1) is 17.0. The van der Waals surface area contributed by atoms with E-state index in [-0.39, 0.29) is 6.03 Å². The van der Waals surface area contributed by atoms with Gasteiger partial charge in [-0.3, -0.25) is 5.32 Å². The van der Waals surface area contributed by atoms with Crippen molar-refractivity contribution in [3.63, 3.8) is 0 Å². The molecule has 1 aromatic carbocycles. The molecule has 1 aromatic heterocycles. The van der Waals surface area contributed by atoms with Crippen molar-refractivity contribution in [3.8, 4) is 0 Å². The van der Waals surface area contributed by atoms with Gasteiger partial charge in [0, 0.05) is 0 Å². The van der Waals surface area contributed by atoms with Crippen LogP contribution in [0.3, 0.4) is 0 Å². The van der Waals surface area contributed by atoms with Crippen LogP contribution in [-0.2, 0) is 12.0 Å². The van der Waals surface area contributed by atoms with E-state index in [2.05, 4.69) is 34.3 Å². The lowest BCUT2D eigenvalue weighted by Gasteiger charge is -2.27. The molecule has 25 heavy (non-hydrogen) atoms. The molecular weight excluding hydrogens is 310 g/mol. The molecule has 0 fully saturated rings. The summed E-state index contributed by atoms with van der Waals surface area (Å²) in [5.74, 6) is 0.550. The second-order valence-electron chi connectivity index (χ2n) is 6.91. The second-order valence-corrected chi connectivity index (χ2v) is 6.91. The van der Waals surface area contributed by atoms with Crippen molar-refractivity contribution in [2.24, 2.45) is 0 Å². The third kappa shape index (κ3) is 3.79. The van der Waals surface area contributed by atoms with Gasteiger partial charge in [-0.05, 0) is 62.1 Å². The van der Waals surface area contributed by atoms with Crippen molar-refractivity contribution in [3.05, 3.63) is 71.4 Å². The standard InChI is InChI=1S/C21H23N3O/c1-14(2)16-8-5-9-17(13-16)21(3,4)24-20(25)23-19-12-11-15-7-6-10-18(15)22-19/h5-6,8-13H,1,7H2,2-4H3,(H2,22,23,24,25). The number of hydrogen-bond acceptors (Lipinski definition) is 2. The highest BCUT2D eigenvalue weighted by atomic mass is 16.2. The van der Waals surface area contributed by atoms with Gasteiger partial charge in [0.05, 0.1) is 11.2 Å². The number of rotatable bonds is 4. The number of hydrogen-bond donors (Lipinski definition) is 2. The van der Waals surface area contributed by atoms with E-state index in [1.807, 2.05) is 57.2 Å². The van der Waals surface area contributed by atoms with E-state index < -0.39 is 5.54 Å². The number of amides is 2. The number of urea groups is 1. The van der Waals surface area contributed by atoms with Crippen molar-refractivity contribution < 1.29 is 4.79 Å². The maximum absolute atomic E-state index is 12.4. The molecular formula is C21H23N3O. The second kappa shape index (κ2) is 6.55. The van der Waals surface area contributed by atoms with Crippen molar-refractivity contribution in [2.45, 2.75) is 32.7 Å². The summed E-state index contributed by atoms with van der Waals surface area (Å²) in [6.07, 6.45) is 4.95. The zero-order valence-corrected chi connectivity index (χ0v) is 14.9. The zero-order valence-electron chi connectivity index (χ0n) is 14.9. The molecule has 0 aliphatic heterocycles. The van der Waals surface area contributed by atoms with Crippen LogP contribution in [0.1, 0.15) is 43.2 Å². The molecule has 128 valence electrons. The van der Waals surface area contributed by atoms with Crippen LogP contribution in [0.2, 0.25) is 0 Å². The van der Waals surface area contributed by atoms with Crippen molar-refractivity contribution in [1.29, 1.82) is 0 Å². The van der Waals surface area contributed by atoms with Gasteiger partial charge >= 0.3 is 6.03 Å². The van der Waals surface area contributed by atoms with Crippen molar-refractivity contribution >= 4 is 23.5 Å². The minimum absolute atomic E-state index is 0.278. The van der Waals surface area contributed by atoms with Gasteiger partial charge in [0.2, 0.25) is 0 Å². The number of pyridine rings is 1. The highest BCUT2D eigenvalue weighted by Crippen LogP contribution is 2.24. The molecule has 2 amide bonds. The first-order valence-electron chi connectivity index (χ1n) is 8.37. The third-order valence-electron chi connectivity index (χ3n) is 4.37. The Labute approximate surface area is 148 Å². The lowest BCUT2D eigenvalue weighted by Crippen LogP contribution is -2.43. The molecule has 0 atom stereocenters. The van der Waals surface area contributed by atoms with Crippen LogP contribution < -0.4 is 10.6 Å². The first-order valence-corrected chi connectivity index (χ1v) is 8.37. The third-order valence-corrected chi connectivity index (χ3v) is 4.37. The predicted molar refractivity (Wildman–Crippen MR) is 103 cm³/mol. The average molecular weight is 333 g/mol. The average Bonchev–Trinajstić information content (AvgIpc) is 3.02. The van der Waals surface area contributed by atoms with Gasteiger partial charge in [0.15, 0.2) is 0 Å². The van der Waals surface area contributed by atoms with Crippen LogP contribution >= 0.6 is 0 Å². The van der Waals surface area contributed by atoms with Crippen LogP contribution in [0, 0.1) is 0 Å². The number of fused-ring (bicyclic) bond motifs is 1. The number of allylic oxidation sites excluding steroid dienone is 2. The van der Waals surface area contributed by atoms with Crippen LogP contribution in [0.5, 0.6) is 0 Å². The number of nitrogens with one attached hydrogen (secondary N) is 2. The fraction of sp³-hybridized carbons (Fsp3) is 0.238. The number of benzene rings is 1. The van der Waals surface area contributed by atoms with E-state index in [0.717, 1.165) is 28.8 Å². The number of carbonyl (C=O) groups is 1. The number of anilines is 1. The summed E-state index contributed by atoms with van der Waals surface area (Å²) in [7, 11) is 0. The minimum Gasteiger partial charge on any atom is -0.329 e. The molecule has 4 nitrogen and oxygen atoms in total. The van der Waals surface area contributed by atoms with Crippen molar-refractivity contribution in [2.75, 3.05) is 5.32 Å². The molecule has 0 saturated heterocycles. The van der Waals surface area contributed by atoms with Crippen LogP contribution in [0.4, 0.5) is 10.6 Å². The summed E-state index contributed by atoms with van der Waals surface area (Å²) in [5.41, 5.74) is 4.67. The summed E-state index contributed by atoms with van der Waals surface area (Å²) >= 11 is 0.